The zero-order chi connectivity index (χ0) is 20.4. The summed E-state index contributed by atoms with van der Waals surface area (Å²) in [7, 11) is -3.54. The van der Waals surface area contributed by atoms with Gasteiger partial charge in [-0.25, -0.2) is 8.42 Å². The van der Waals surface area contributed by atoms with Gasteiger partial charge in [-0.1, -0.05) is 15.9 Å². The van der Waals surface area contributed by atoms with Crippen molar-refractivity contribution >= 4 is 31.7 Å². The third-order valence-electron chi connectivity index (χ3n) is 5.06. The molecule has 0 aromatic heterocycles. The van der Waals surface area contributed by atoms with E-state index >= 15 is 0 Å². The Kier molecular flexibility index (Phi) is 5.91. The molecule has 9 heteroatoms. The molecule has 2 aromatic rings. The first-order valence-electron chi connectivity index (χ1n) is 9.34. The molecule has 29 heavy (non-hydrogen) atoms. The average Bonchev–Trinajstić information content (AvgIpc) is 3.05. The molecule has 0 atom stereocenters. The topological polar surface area (TPSA) is 76.2 Å². The molecule has 0 bridgehead atoms. The molecule has 4 rings (SSSR count). The largest absolute Gasteiger partial charge is 0.454 e. The zero-order valence-electron chi connectivity index (χ0n) is 15.7. The Morgan fingerprint density at radius 3 is 2.52 bits per heavy atom. The summed E-state index contributed by atoms with van der Waals surface area (Å²) >= 11 is 3.33. The quantitative estimate of drug-likeness (QED) is 0.612. The van der Waals surface area contributed by atoms with E-state index in [-0.39, 0.29) is 24.0 Å². The van der Waals surface area contributed by atoms with Gasteiger partial charge in [0.15, 0.2) is 17.3 Å². The number of nitrogens with zero attached hydrogens (tertiary/aromatic N) is 2. The van der Waals surface area contributed by atoms with Gasteiger partial charge in [0.1, 0.15) is 0 Å². The first-order valence-corrected chi connectivity index (χ1v) is 11.6. The molecule has 0 saturated carbocycles. The van der Waals surface area contributed by atoms with E-state index in [4.69, 9.17) is 9.47 Å². The number of halogens is 1. The van der Waals surface area contributed by atoms with Crippen LogP contribution in [-0.4, -0.2) is 62.9 Å². The van der Waals surface area contributed by atoms with Crippen molar-refractivity contribution in [3.05, 3.63) is 52.5 Å². The standard InChI is InChI=1S/C20H21BrN2O5S/c21-16-3-5-17(6-4-16)29(25,26)23-9-1-8-22(10-11-23)13-18(24)15-2-7-19-20(12-15)28-14-27-19/h2-7,12H,1,8-11,13-14H2. The van der Waals surface area contributed by atoms with Gasteiger partial charge in [-0.3, -0.25) is 9.69 Å². The molecule has 0 amide bonds. The first kappa shape index (κ1) is 20.3. The molecule has 1 saturated heterocycles. The van der Waals surface area contributed by atoms with Crippen LogP contribution in [-0.2, 0) is 10.0 Å². The Hall–Kier alpha value is -1.94. The fourth-order valence-electron chi connectivity index (χ4n) is 3.47. The van der Waals surface area contributed by atoms with Crippen LogP contribution in [0.3, 0.4) is 0 Å². The minimum Gasteiger partial charge on any atom is -0.454 e. The summed E-state index contributed by atoms with van der Waals surface area (Å²) in [6, 6.07) is 11.8. The number of benzene rings is 2. The Balaban J connectivity index is 1.40. The van der Waals surface area contributed by atoms with Crippen LogP contribution < -0.4 is 9.47 Å². The normalized spacial score (nSPS) is 17.8. The Labute approximate surface area is 178 Å². The summed E-state index contributed by atoms with van der Waals surface area (Å²) in [5.74, 6) is 1.20. The monoisotopic (exact) mass is 480 g/mol. The summed E-state index contributed by atoms with van der Waals surface area (Å²) in [5.41, 5.74) is 0.567. The van der Waals surface area contributed by atoms with Crippen LogP contribution >= 0.6 is 15.9 Å². The molecule has 154 valence electrons. The van der Waals surface area contributed by atoms with Crippen molar-refractivity contribution in [2.45, 2.75) is 11.3 Å². The summed E-state index contributed by atoms with van der Waals surface area (Å²) in [4.78, 5) is 15.0. The number of fused-ring (bicyclic) bond motifs is 1. The van der Waals surface area contributed by atoms with Gasteiger partial charge in [-0.2, -0.15) is 4.31 Å². The van der Waals surface area contributed by atoms with Crippen LogP contribution in [0.5, 0.6) is 11.5 Å². The molecule has 2 aliphatic rings. The number of carbonyl (C=O) groups is 1. The van der Waals surface area contributed by atoms with E-state index in [1.54, 1.807) is 42.5 Å². The summed E-state index contributed by atoms with van der Waals surface area (Å²) < 4.78 is 38.8. The van der Waals surface area contributed by atoms with Crippen molar-refractivity contribution < 1.29 is 22.7 Å². The number of carbonyl (C=O) groups excluding carboxylic acids is 1. The average molecular weight is 481 g/mol. The highest BCUT2D eigenvalue weighted by atomic mass is 79.9. The Morgan fingerprint density at radius 2 is 1.72 bits per heavy atom. The van der Waals surface area contributed by atoms with Gasteiger partial charge >= 0.3 is 0 Å². The smallest absolute Gasteiger partial charge is 0.243 e. The van der Waals surface area contributed by atoms with E-state index < -0.39 is 10.0 Å². The van der Waals surface area contributed by atoms with E-state index in [0.717, 1.165) is 4.47 Å². The van der Waals surface area contributed by atoms with Gasteiger partial charge in [0.05, 0.1) is 11.4 Å². The van der Waals surface area contributed by atoms with Crippen LogP contribution in [0.1, 0.15) is 16.8 Å². The van der Waals surface area contributed by atoms with E-state index in [0.29, 0.717) is 49.7 Å². The second kappa shape index (κ2) is 8.43. The van der Waals surface area contributed by atoms with E-state index in [9.17, 15) is 13.2 Å². The van der Waals surface area contributed by atoms with Crippen molar-refractivity contribution in [1.82, 2.24) is 9.21 Å². The maximum absolute atomic E-state index is 12.9. The zero-order valence-corrected chi connectivity index (χ0v) is 18.1. The highest BCUT2D eigenvalue weighted by molar-refractivity contribution is 9.10. The fraction of sp³-hybridized carbons (Fsp3) is 0.350. The highest BCUT2D eigenvalue weighted by Gasteiger charge is 2.27. The molecular formula is C20H21BrN2O5S. The molecule has 0 aliphatic carbocycles. The lowest BCUT2D eigenvalue weighted by Gasteiger charge is -2.21. The number of ketones is 1. The van der Waals surface area contributed by atoms with Crippen LogP contribution in [0.2, 0.25) is 0 Å². The number of ether oxygens (including phenoxy) is 2. The number of sulfonamides is 1. The Morgan fingerprint density at radius 1 is 0.966 bits per heavy atom. The molecular weight excluding hydrogens is 460 g/mol. The van der Waals surface area contributed by atoms with Gasteiger partial charge in [0, 0.05) is 29.7 Å². The second-order valence-electron chi connectivity index (χ2n) is 6.98. The molecule has 2 heterocycles. The number of hydrogen-bond acceptors (Lipinski definition) is 6. The van der Waals surface area contributed by atoms with Gasteiger partial charge in [-0.15, -0.1) is 0 Å². The van der Waals surface area contributed by atoms with E-state index in [1.165, 1.54) is 4.31 Å². The van der Waals surface area contributed by atoms with Crippen LogP contribution in [0, 0.1) is 0 Å². The van der Waals surface area contributed by atoms with Crippen molar-refractivity contribution in [2.75, 3.05) is 39.5 Å². The number of Topliss-reactive ketones (excluding diaryl/α,β-unsaturated/α-hetero) is 1. The minimum atomic E-state index is -3.54. The van der Waals surface area contributed by atoms with Crippen molar-refractivity contribution in [3.8, 4) is 11.5 Å². The maximum Gasteiger partial charge on any atom is 0.243 e. The molecule has 1 fully saturated rings. The van der Waals surface area contributed by atoms with Gasteiger partial charge in [-0.05, 0) is 55.4 Å². The maximum atomic E-state index is 12.9. The van der Waals surface area contributed by atoms with Crippen molar-refractivity contribution in [2.24, 2.45) is 0 Å². The molecule has 2 aromatic carbocycles. The summed E-state index contributed by atoms with van der Waals surface area (Å²) in [6.07, 6.45) is 0.671. The predicted molar refractivity (Wildman–Crippen MR) is 111 cm³/mol. The fourth-order valence-corrected chi connectivity index (χ4v) is 5.20. The number of rotatable bonds is 5. The summed E-state index contributed by atoms with van der Waals surface area (Å²) in [5, 5.41) is 0. The molecule has 0 radical (unpaired) electrons. The molecule has 0 N–H and O–H groups in total. The SMILES string of the molecule is O=C(CN1CCCN(S(=O)(=O)c2ccc(Br)cc2)CC1)c1ccc2c(c1)OCO2. The van der Waals surface area contributed by atoms with Gasteiger partial charge in [0.25, 0.3) is 0 Å². The van der Waals surface area contributed by atoms with Crippen molar-refractivity contribution in [3.63, 3.8) is 0 Å². The number of hydrogen-bond donors (Lipinski definition) is 0. The van der Waals surface area contributed by atoms with Gasteiger partial charge in [0.2, 0.25) is 16.8 Å². The third kappa shape index (κ3) is 4.48. The molecule has 0 spiro atoms. The Bertz CT molecular complexity index is 1010. The van der Waals surface area contributed by atoms with Crippen LogP contribution in [0.15, 0.2) is 51.8 Å². The van der Waals surface area contributed by atoms with Crippen LogP contribution in [0.4, 0.5) is 0 Å². The molecule has 2 aliphatic heterocycles. The van der Waals surface area contributed by atoms with Gasteiger partial charge < -0.3 is 9.47 Å². The molecule has 7 nitrogen and oxygen atoms in total. The third-order valence-corrected chi connectivity index (χ3v) is 7.50. The lowest BCUT2D eigenvalue weighted by molar-refractivity contribution is 0.0934. The first-order chi connectivity index (χ1) is 13.9. The predicted octanol–water partition coefficient (Wildman–Crippen LogP) is 2.76. The second-order valence-corrected chi connectivity index (χ2v) is 9.83. The van der Waals surface area contributed by atoms with E-state index in [1.807, 2.05) is 4.90 Å². The lowest BCUT2D eigenvalue weighted by Crippen LogP contribution is -2.36. The lowest BCUT2D eigenvalue weighted by atomic mass is 10.1. The minimum absolute atomic E-state index is 0.0208. The van der Waals surface area contributed by atoms with Crippen molar-refractivity contribution in [1.29, 1.82) is 0 Å². The molecule has 0 unspecified atom stereocenters. The van der Waals surface area contributed by atoms with E-state index in [2.05, 4.69) is 15.9 Å². The highest BCUT2D eigenvalue weighted by Crippen LogP contribution is 2.32. The van der Waals surface area contributed by atoms with Crippen LogP contribution in [0.25, 0.3) is 0 Å². The summed E-state index contributed by atoms with van der Waals surface area (Å²) in [6.45, 7) is 2.38.